The predicted octanol–water partition coefficient (Wildman–Crippen LogP) is 2.64. The minimum absolute atomic E-state index is 0.130. The van der Waals surface area contributed by atoms with Crippen molar-refractivity contribution in [2.24, 2.45) is 0 Å². The summed E-state index contributed by atoms with van der Waals surface area (Å²) >= 11 is 0. The van der Waals surface area contributed by atoms with Gasteiger partial charge in [-0.05, 0) is 42.2 Å². The highest BCUT2D eigenvalue weighted by Gasteiger charge is 2.38. The van der Waals surface area contributed by atoms with E-state index in [-0.39, 0.29) is 18.0 Å². The van der Waals surface area contributed by atoms with Crippen LogP contribution in [-0.2, 0) is 11.3 Å². The van der Waals surface area contributed by atoms with Gasteiger partial charge in [-0.1, -0.05) is 55.5 Å². The Balaban J connectivity index is 1.47. The summed E-state index contributed by atoms with van der Waals surface area (Å²) in [4.78, 5) is 15.5. The van der Waals surface area contributed by atoms with Gasteiger partial charge < -0.3 is 5.32 Å². The molecule has 1 aliphatic carbocycles. The molecule has 1 saturated heterocycles. The molecule has 4 rings (SSSR count). The minimum atomic E-state index is -0.140. The van der Waals surface area contributed by atoms with Crippen LogP contribution in [0.15, 0.2) is 30.6 Å². The van der Waals surface area contributed by atoms with Crippen molar-refractivity contribution in [1.82, 2.24) is 30.4 Å². The molecule has 2 aliphatic rings. The quantitative estimate of drug-likeness (QED) is 0.805. The van der Waals surface area contributed by atoms with Crippen LogP contribution in [0.3, 0.4) is 0 Å². The average molecular weight is 383 g/mol. The van der Waals surface area contributed by atoms with Gasteiger partial charge in [-0.15, -0.1) is 5.10 Å². The molecule has 1 amide bonds. The van der Waals surface area contributed by atoms with E-state index in [0.29, 0.717) is 6.04 Å². The first-order valence-electron chi connectivity index (χ1n) is 10.5. The van der Waals surface area contributed by atoms with Crippen LogP contribution in [0.2, 0.25) is 0 Å². The maximum absolute atomic E-state index is 13.2. The Kier molecular flexibility index (Phi) is 6.00. The topological polar surface area (TPSA) is 75.9 Å². The molecular formula is C21H30N6O. The Labute approximate surface area is 166 Å². The van der Waals surface area contributed by atoms with Crippen LogP contribution in [0.4, 0.5) is 0 Å². The Hall–Kier alpha value is -2.28. The summed E-state index contributed by atoms with van der Waals surface area (Å²) in [5, 5.41) is 15.0. The fourth-order valence-corrected chi connectivity index (χ4v) is 4.50. The summed E-state index contributed by atoms with van der Waals surface area (Å²) in [5.41, 5.74) is 2.48. The van der Waals surface area contributed by atoms with Gasteiger partial charge >= 0.3 is 0 Å². The number of nitrogens with one attached hydrogen (secondary N) is 1. The van der Waals surface area contributed by atoms with Crippen LogP contribution in [0.25, 0.3) is 0 Å². The van der Waals surface area contributed by atoms with E-state index in [2.05, 4.69) is 56.9 Å². The van der Waals surface area contributed by atoms with Crippen molar-refractivity contribution in [2.45, 2.75) is 76.5 Å². The van der Waals surface area contributed by atoms with E-state index in [1.54, 1.807) is 11.0 Å². The third-order valence-corrected chi connectivity index (χ3v) is 6.13. The molecule has 1 aliphatic heterocycles. The van der Waals surface area contributed by atoms with Crippen molar-refractivity contribution < 1.29 is 4.79 Å². The Bertz CT molecular complexity index is 752. The van der Waals surface area contributed by atoms with E-state index in [9.17, 15) is 4.79 Å². The summed E-state index contributed by atoms with van der Waals surface area (Å²) in [6.45, 7) is 3.64. The molecule has 2 heterocycles. The monoisotopic (exact) mass is 382 g/mol. The van der Waals surface area contributed by atoms with Crippen molar-refractivity contribution in [2.75, 3.05) is 6.54 Å². The fourth-order valence-electron chi connectivity index (χ4n) is 4.50. The van der Waals surface area contributed by atoms with Crippen LogP contribution in [0.5, 0.6) is 0 Å². The average Bonchev–Trinajstić information content (AvgIpc) is 3.29. The first-order valence-corrected chi connectivity index (χ1v) is 10.5. The molecular weight excluding hydrogens is 352 g/mol. The number of likely N-dealkylation sites (tertiary alicyclic amines) is 1. The number of rotatable bonds is 5. The van der Waals surface area contributed by atoms with Gasteiger partial charge in [-0.25, -0.2) is 4.68 Å². The second kappa shape index (κ2) is 8.82. The van der Waals surface area contributed by atoms with Crippen molar-refractivity contribution in [3.8, 4) is 0 Å². The largest absolute Gasteiger partial charge is 0.352 e. The first-order chi connectivity index (χ1) is 13.7. The Morgan fingerprint density at radius 1 is 1.14 bits per heavy atom. The minimum Gasteiger partial charge on any atom is -0.352 e. The predicted molar refractivity (Wildman–Crippen MR) is 106 cm³/mol. The number of tetrazole rings is 1. The third-order valence-electron chi connectivity index (χ3n) is 6.13. The van der Waals surface area contributed by atoms with Gasteiger partial charge in [-0.3, -0.25) is 9.69 Å². The van der Waals surface area contributed by atoms with Gasteiger partial charge in [0.15, 0.2) is 0 Å². The van der Waals surface area contributed by atoms with E-state index in [1.165, 1.54) is 36.8 Å². The number of nitrogens with zero attached hydrogens (tertiary/aromatic N) is 5. The summed E-state index contributed by atoms with van der Waals surface area (Å²) in [6.07, 6.45) is 9.62. The van der Waals surface area contributed by atoms with Gasteiger partial charge in [-0.2, -0.15) is 0 Å². The zero-order valence-corrected chi connectivity index (χ0v) is 16.6. The summed E-state index contributed by atoms with van der Waals surface area (Å²) < 4.78 is 1.79. The number of hydrogen-bond acceptors (Lipinski definition) is 5. The molecule has 2 aromatic rings. The fraction of sp³-hybridized carbons (Fsp3) is 0.619. The summed E-state index contributed by atoms with van der Waals surface area (Å²) in [6, 6.07) is 8.88. The van der Waals surface area contributed by atoms with Crippen LogP contribution < -0.4 is 5.32 Å². The first kappa shape index (κ1) is 19.1. The summed E-state index contributed by atoms with van der Waals surface area (Å²) in [7, 11) is 0. The second-order valence-corrected chi connectivity index (χ2v) is 8.31. The van der Waals surface area contributed by atoms with Gasteiger partial charge in [0.25, 0.3) is 0 Å². The maximum Gasteiger partial charge on any atom is 0.237 e. The lowest BCUT2D eigenvalue weighted by atomic mass is 10.1. The smallest absolute Gasteiger partial charge is 0.237 e. The van der Waals surface area contributed by atoms with Gasteiger partial charge in [0.1, 0.15) is 6.33 Å². The molecule has 0 spiro atoms. The Morgan fingerprint density at radius 3 is 2.57 bits per heavy atom. The Morgan fingerprint density at radius 2 is 1.89 bits per heavy atom. The van der Waals surface area contributed by atoms with Gasteiger partial charge in [0.05, 0.1) is 12.1 Å². The van der Waals surface area contributed by atoms with E-state index < -0.39 is 0 Å². The van der Waals surface area contributed by atoms with Crippen molar-refractivity contribution in [3.63, 3.8) is 0 Å². The lowest BCUT2D eigenvalue weighted by molar-refractivity contribution is -0.126. The molecule has 7 heteroatoms. The highest BCUT2D eigenvalue weighted by Crippen LogP contribution is 2.29. The van der Waals surface area contributed by atoms with E-state index in [0.717, 1.165) is 32.4 Å². The summed E-state index contributed by atoms with van der Waals surface area (Å²) in [5.74, 6) is 0.162. The van der Waals surface area contributed by atoms with E-state index in [4.69, 9.17) is 0 Å². The molecule has 1 saturated carbocycles. The molecule has 28 heavy (non-hydrogen) atoms. The molecule has 2 fully saturated rings. The second-order valence-electron chi connectivity index (χ2n) is 8.31. The highest BCUT2D eigenvalue weighted by molar-refractivity contribution is 5.82. The molecule has 150 valence electrons. The normalized spacial score (nSPS) is 24.2. The lowest BCUT2D eigenvalue weighted by Gasteiger charge is -2.26. The number of benzene rings is 1. The van der Waals surface area contributed by atoms with Gasteiger partial charge in [0, 0.05) is 19.1 Å². The molecule has 2 atom stereocenters. The zero-order valence-electron chi connectivity index (χ0n) is 16.6. The number of aryl methyl sites for hydroxylation is 1. The van der Waals surface area contributed by atoms with Crippen molar-refractivity contribution in [1.29, 1.82) is 0 Å². The molecule has 0 bridgehead atoms. The van der Waals surface area contributed by atoms with Crippen LogP contribution >= 0.6 is 0 Å². The van der Waals surface area contributed by atoms with Crippen molar-refractivity contribution >= 4 is 5.91 Å². The zero-order chi connectivity index (χ0) is 19.3. The number of amides is 1. The number of carbonyl (C=O) groups excluding carboxylic acids is 1. The van der Waals surface area contributed by atoms with Crippen LogP contribution in [-0.4, -0.2) is 49.6 Å². The standard InChI is InChI=1S/C21H30N6O/c1-16-8-10-17(11-9-16)13-26-14-19(27-15-22-24-25-27)12-20(26)21(28)23-18-6-4-2-3-5-7-18/h8-11,15,18-20H,2-7,12-14H2,1H3,(H,23,28)/t19-,20+/m1/s1. The van der Waals surface area contributed by atoms with Crippen molar-refractivity contribution in [3.05, 3.63) is 41.7 Å². The van der Waals surface area contributed by atoms with Crippen LogP contribution in [0.1, 0.15) is 62.1 Å². The maximum atomic E-state index is 13.2. The molecule has 0 radical (unpaired) electrons. The lowest BCUT2D eigenvalue weighted by Crippen LogP contribution is -2.46. The number of carbonyl (C=O) groups is 1. The highest BCUT2D eigenvalue weighted by atomic mass is 16.2. The van der Waals surface area contributed by atoms with Crippen LogP contribution in [0, 0.1) is 6.92 Å². The van der Waals surface area contributed by atoms with E-state index in [1.807, 2.05) is 0 Å². The van der Waals surface area contributed by atoms with Gasteiger partial charge in [0.2, 0.25) is 5.91 Å². The third kappa shape index (κ3) is 4.58. The number of aromatic nitrogens is 4. The van der Waals surface area contributed by atoms with E-state index >= 15 is 0 Å². The SMILES string of the molecule is Cc1ccc(CN2C[C@H](n3cnnn3)C[C@H]2C(=O)NC2CCCCCC2)cc1. The molecule has 1 N–H and O–H groups in total. The number of hydrogen-bond donors (Lipinski definition) is 1. The molecule has 1 aromatic carbocycles. The molecule has 7 nitrogen and oxygen atoms in total. The molecule has 1 aromatic heterocycles. The molecule has 0 unspecified atom stereocenters.